The summed E-state index contributed by atoms with van der Waals surface area (Å²) < 4.78 is 42.6. The molecule has 0 aromatic heterocycles. The predicted molar refractivity (Wildman–Crippen MR) is 70.1 cm³/mol. The number of nitrogens with zero attached hydrogens (tertiary/aromatic N) is 1. The Morgan fingerprint density at radius 3 is 2.65 bits per heavy atom. The van der Waals surface area contributed by atoms with Crippen LogP contribution < -0.4 is 0 Å². The minimum absolute atomic E-state index is 0.0788. The van der Waals surface area contributed by atoms with Crippen LogP contribution in [0.4, 0.5) is 13.2 Å². The maximum atomic E-state index is 12.4. The summed E-state index contributed by atoms with van der Waals surface area (Å²) in [6.07, 6.45) is -4.38. The fourth-order valence-corrected chi connectivity index (χ4v) is 2.94. The number of hydrogen-bond donors (Lipinski definition) is 0. The molecule has 1 amide bonds. The molecule has 20 heavy (non-hydrogen) atoms. The third-order valence-electron chi connectivity index (χ3n) is 2.79. The minimum Gasteiger partial charge on any atom is -0.374 e. The number of ether oxygens (including phenoxy) is 1. The van der Waals surface area contributed by atoms with Crippen molar-refractivity contribution in [3.63, 3.8) is 0 Å². The highest BCUT2D eigenvalue weighted by Gasteiger charge is 2.40. The third kappa shape index (κ3) is 4.42. The Morgan fingerprint density at radius 1 is 1.30 bits per heavy atom. The lowest BCUT2D eigenvalue weighted by molar-refractivity contribution is -0.161. The van der Waals surface area contributed by atoms with Crippen LogP contribution in [0, 0.1) is 0 Å². The number of carbonyl (C=O) groups is 1. The van der Waals surface area contributed by atoms with Gasteiger partial charge in [0.15, 0.2) is 0 Å². The van der Waals surface area contributed by atoms with Crippen molar-refractivity contribution in [2.24, 2.45) is 0 Å². The summed E-state index contributed by atoms with van der Waals surface area (Å²) >= 11 is 1.19. The van der Waals surface area contributed by atoms with E-state index in [1.165, 1.54) is 11.8 Å². The molecular weight excluding hydrogens is 291 g/mol. The molecule has 2 rings (SSSR count). The van der Waals surface area contributed by atoms with E-state index in [-0.39, 0.29) is 12.4 Å². The average Bonchev–Trinajstić information content (AvgIpc) is 2.71. The Bertz CT molecular complexity index is 453. The lowest BCUT2D eigenvalue weighted by atomic mass is 10.2. The molecule has 1 saturated heterocycles. The second-order valence-electron chi connectivity index (χ2n) is 4.40. The Hall–Kier alpha value is -1.21. The van der Waals surface area contributed by atoms with Gasteiger partial charge in [-0.3, -0.25) is 4.79 Å². The molecule has 1 aromatic carbocycles. The summed E-state index contributed by atoms with van der Waals surface area (Å²) in [4.78, 5) is 12.3. The summed E-state index contributed by atoms with van der Waals surface area (Å²) in [5, 5.41) is -0.562. The fourth-order valence-electron chi connectivity index (χ4n) is 1.87. The van der Waals surface area contributed by atoms with Gasteiger partial charge in [0.05, 0.1) is 19.0 Å². The minimum atomic E-state index is -4.38. The molecule has 1 aliphatic rings. The number of rotatable bonds is 5. The summed E-state index contributed by atoms with van der Waals surface area (Å²) in [5.41, 5.74) is 0.948. The van der Waals surface area contributed by atoms with Crippen LogP contribution >= 0.6 is 11.8 Å². The Balaban J connectivity index is 1.83. The highest BCUT2D eigenvalue weighted by Crippen LogP contribution is 2.29. The zero-order chi connectivity index (χ0) is 14.6. The zero-order valence-electron chi connectivity index (χ0n) is 10.6. The molecular formula is C13H14F3NO2S. The molecule has 1 atom stereocenters. The highest BCUT2D eigenvalue weighted by molar-refractivity contribution is 8.01. The first-order valence-corrected chi connectivity index (χ1v) is 7.10. The van der Waals surface area contributed by atoms with E-state index in [0.717, 1.165) is 10.5 Å². The van der Waals surface area contributed by atoms with Gasteiger partial charge in [-0.1, -0.05) is 30.3 Å². The molecule has 0 bridgehead atoms. The number of amides is 1. The molecule has 1 aliphatic heterocycles. The Kier molecular flexibility index (Phi) is 4.93. The van der Waals surface area contributed by atoms with Crippen LogP contribution in [0.15, 0.2) is 30.3 Å². The van der Waals surface area contributed by atoms with E-state index in [1.54, 1.807) is 0 Å². The van der Waals surface area contributed by atoms with E-state index in [4.69, 9.17) is 4.74 Å². The van der Waals surface area contributed by atoms with Crippen molar-refractivity contribution in [3.05, 3.63) is 35.9 Å². The van der Waals surface area contributed by atoms with E-state index in [1.807, 2.05) is 30.3 Å². The highest BCUT2D eigenvalue weighted by atomic mass is 32.2. The number of thioether (sulfide) groups is 1. The Morgan fingerprint density at radius 2 is 2.00 bits per heavy atom. The number of alkyl halides is 3. The lowest BCUT2D eigenvalue weighted by Crippen LogP contribution is -2.42. The molecule has 0 radical (unpaired) electrons. The van der Waals surface area contributed by atoms with Gasteiger partial charge in [-0.25, -0.2) is 0 Å². The summed E-state index contributed by atoms with van der Waals surface area (Å²) in [5.74, 6) is -0.407. The van der Waals surface area contributed by atoms with Crippen LogP contribution in [-0.2, 0) is 16.1 Å². The first-order chi connectivity index (χ1) is 9.46. The predicted octanol–water partition coefficient (Wildman–Crippen LogP) is 2.67. The van der Waals surface area contributed by atoms with Crippen molar-refractivity contribution >= 4 is 17.7 Å². The van der Waals surface area contributed by atoms with Crippen LogP contribution in [0.1, 0.15) is 5.56 Å². The van der Waals surface area contributed by atoms with E-state index in [2.05, 4.69) is 0 Å². The van der Waals surface area contributed by atoms with E-state index in [9.17, 15) is 18.0 Å². The quantitative estimate of drug-likeness (QED) is 0.837. The molecule has 0 spiro atoms. The number of halogens is 3. The molecule has 3 nitrogen and oxygen atoms in total. The van der Waals surface area contributed by atoms with E-state index >= 15 is 0 Å². The molecule has 1 unspecified atom stereocenters. The molecule has 1 aromatic rings. The Labute approximate surface area is 119 Å². The van der Waals surface area contributed by atoms with Crippen LogP contribution in [0.25, 0.3) is 0 Å². The van der Waals surface area contributed by atoms with Crippen LogP contribution in [0.3, 0.4) is 0 Å². The van der Waals surface area contributed by atoms with Gasteiger partial charge in [0.2, 0.25) is 5.91 Å². The van der Waals surface area contributed by atoms with Crippen LogP contribution in [-0.4, -0.2) is 41.3 Å². The number of carbonyl (C=O) groups excluding carboxylic acids is 1. The van der Waals surface area contributed by atoms with Crippen LogP contribution in [0.2, 0.25) is 0 Å². The fraction of sp³-hybridized carbons (Fsp3) is 0.462. The molecule has 1 heterocycles. The number of hydrogen-bond acceptors (Lipinski definition) is 3. The first-order valence-electron chi connectivity index (χ1n) is 6.05. The van der Waals surface area contributed by atoms with Gasteiger partial charge in [0.1, 0.15) is 11.9 Å². The summed E-state index contributed by atoms with van der Waals surface area (Å²) in [7, 11) is 0. The zero-order valence-corrected chi connectivity index (χ0v) is 11.4. The van der Waals surface area contributed by atoms with Crippen molar-refractivity contribution in [3.8, 4) is 0 Å². The van der Waals surface area contributed by atoms with Crippen molar-refractivity contribution in [2.45, 2.75) is 18.2 Å². The first kappa shape index (κ1) is 15.2. The van der Waals surface area contributed by atoms with Gasteiger partial charge in [0.25, 0.3) is 0 Å². The van der Waals surface area contributed by atoms with Gasteiger partial charge in [0, 0.05) is 0 Å². The summed E-state index contributed by atoms with van der Waals surface area (Å²) in [6.45, 7) is -0.786. The van der Waals surface area contributed by atoms with Crippen molar-refractivity contribution in [2.75, 3.05) is 18.9 Å². The largest absolute Gasteiger partial charge is 0.406 e. The second-order valence-corrected chi connectivity index (χ2v) is 5.57. The van der Waals surface area contributed by atoms with Gasteiger partial charge >= 0.3 is 6.18 Å². The normalized spacial score (nSPS) is 19.6. The molecule has 7 heteroatoms. The molecule has 0 aliphatic carbocycles. The maximum Gasteiger partial charge on any atom is 0.406 e. The van der Waals surface area contributed by atoms with Crippen molar-refractivity contribution in [1.82, 2.24) is 4.90 Å². The van der Waals surface area contributed by atoms with E-state index < -0.39 is 24.0 Å². The van der Waals surface area contributed by atoms with Gasteiger partial charge < -0.3 is 9.64 Å². The molecule has 1 fully saturated rings. The average molecular weight is 305 g/mol. The maximum absolute atomic E-state index is 12.4. The van der Waals surface area contributed by atoms with Gasteiger partial charge in [-0.15, -0.1) is 11.8 Å². The van der Waals surface area contributed by atoms with Crippen molar-refractivity contribution in [1.29, 1.82) is 0 Å². The van der Waals surface area contributed by atoms with Crippen LogP contribution in [0.5, 0.6) is 0 Å². The topological polar surface area (TPSA) is 29.5 Å². The van der Waals surface area contributed by atoms with Gasteiger partial charge in [-0.05, 0) is 5.56 Å². The third-order valence-corrected chi connectivity index (χ3v) is 3.98. The number of benzene rings is 1. The molecule has 0 saturated carbocycles. The molecule has 0 N–H and O–H groups in total. The SMILES string of the molecule is O=C1CSC(COCc2ccccc2)N1CC(F)(F)F. The smallest absolute Gasteiger partial charge is 0.374 e. The standard InChI is InChI=1S/C13H14F3NO2S/c14-13(15,16)9-17-11(18)8-20-12(17)7-19-6-10-4-2-1-3-5-10/h1-5,12H,6-9H2. The second kappa shape index (κ2) is 6.49. The summed E-state index contributed by atoms with van der Waals surface area (Å²) in [6, 6.07) is 9.35. The van der Waals surface area contributed by atoms with Gasteiger partial charge in [-0.2, -0.15) is 13.2 Å². The van der Waals surface area contributed by atoms with Crippen molar-refractivity contribution < 1.29 is 22.7 Å². The van der Waals surface area contributed by atoms with E-state index in [0.29, 0.717) is 6.61 Å². The monoisotopic (exact) mass is 305 g/mol. The molecule has 110 valence electrons. The lowest BCUT2D eigenvalue weighted by Gasteiger charge is -2.24.